The van der Waals surface area contributed by atoms with Crippen LogP contribution in [0, 0.1) is 0 Å². The van der Waals surface area contributed by atoms with Gasteiger partial charge in [-0.05, 0) is 74.7 Å². The van der Waals surface area contributed by atoms with Crippen molar-refractivity contribution in [1.29, 1.82) is 0 Å². The average molecular weight is 440 g/mol. The predicted octanol–water partition coefficient (Wildman–Crippen LogP) is 3.80. The van der Waals surface area contributed by atoms with Crippen LogP contribution in [-0.4, -0.2) is 56.3 Å². The Labute approximate surface area is 184 Å². The number of carbonyl (C=O) groups is 1. The summed E-state index contributed by atoms with van der Waals surface area (Å²) in [5.41, 5.74) is 1.83. The normalized spacial score (nSPS) is 18.5. The van der Waals surface area contributed by atoms with E-state index in [1.807, 2.05) is 35.2 Å². The minimum Gasteiger partial charge on any atom is -0.339 e. The van der Waals surface area contributed by atoms with E-state index >= 15 is 0 Å². The minimum atomic E-state index is -3.63. The number of benzene rings is 2. The van der Waals surface area contributed by atoms with Gasteiger partial charge in [0.2, 0.25) is 0 Å². The Kier molecular flexibility index (Phi) is 6.73. The van der Waals surface area contributed by atoms with Crippen molar-refractivity contribution in [3.05, 3.63) is 71.1 Å². The molecule has 1 N–H and O–H groups in total. The van der Waals surface area contributed by atoms with Crippen LogP contribution in [0.15, 0.2) is 60.0 Å². The predicted molar refractivity (Wildman–Crippen MR) is 124 cm³/mol. The fourth-order valence-electron chi connectivity index (χ4n) is 4.33. The summed E-state index contributed by atoms with van der Waals surface area (Å²) in [6.07, 6.45) is 6.18. The van der Waals surface area contributed by atoms with E-state index < -0.39 is 10.0 Å². The third kappa shape index (κ3) is 5.74. The van der Waals surface area contributed by atoms with Gasteiger partial charge in [-0.15, -0.1) is 0 Å². The van der Waals surface area contributed by atoms with Crippen molar-refractivity contribution in [2.24, 2.45) is 0 Å². The van der Waals surface area contributed by atoms with Crippen LogP contribution in [0.4, 0.5) is 5.69 Å². The fourth-order valence-corrected chi connectivity index (χ4v) is 5.20. The standard InChI is InChI=1S/C24H29N3O3S/c28-24(27-17-12-23(13-18-27)26-15-4-5-16-26)21-8-10-22(11-9-21)25-31(29,30)19-14-20-6-2-1-3-7-20/h1-3,6-11,14,19,23,25H,4-5,12-13,15-18H2/b19-14+. The maximum atomic E-state index is 12.8. The maximum absolute atomic E-state index is 12.8. The molecule has 0 spiro atoms. The Hall–Kier alpha value is -2.64. The summed E-state index contributed by atoms with van der Waals surface area (Å²) in [5.74, 6) is 0.0123. The highest BCUT2D eigenvalue weighted by atomic mass is 32.2. The van der Waals surface area contributed by atoms with Gasteiger partial charge in [0.1, 0.15) is 0 Å². The van der Waals surface area contributed by atoms with Crippen LogP contribution in [0.3, 0.4) is 0 Å². The van der Waals surface area contributed by atoms with Crippen molar-refractivity contribution >= 4 is 27.7 Å². The van der Waals surface area contributed by atoms with Crippen LogP contribution in [0.2, 0.25) is 0 Å². The second kappa shape index (κ2) is 9.66. The van der Waals surface area contributed by atoms with Crippen molar-refractivity contribution in [1.82, 2.24) is 9.80 Å². The molecule has 2 fully saturated rings. The van der Waals surface area contributed by atoms with Crippen LogP contribution in [0.5, 0.6) is 0 Å². The first-order chi connectivity index (χ1) is 15.0. The Morgan fingerprint density at radius 1 is 0.903 bits per heavy atom. The summed E-state index contributed by atoms with van der Waals surface area (Å²) < 4.78 is 27.1. The van der Waals surface area contributed by atoms with E-state index in [9.17, 15) is 13.2 Å². The van der Waals surface area contributed by atoms with E-state index in [2.05, 4.69) is 9.62 Å². The Morgan fingerprint density at radius 3 is 2.19 bits per heavy atom. The zero-order valence-electron chi connectivity index (χ0n) is 17.6. The summed E-state index contributed by atoms with van der Waals surface area (Å²) in [4.78, 5) is 17.3. The Morgan fingerprint density at radius 2 is 1.55 bits per heavy atom. The van der Waals surface area contributed by atoms with Crippen molar-refractivity contribution in [2.45, 2.75) is 31.7 Å². The van der Waals surface area contributed by atoms with Gasteiger partial charge in [-0.2, -0.15) is 0 Å². The first-order valence-corrected chi connectivity index (χ1v) is 12.4. The quantitative estimate of drug-likeness (QED) is 0.743. The van der Waals surface area contributed by atoms with Gasteiger partial charge in [0.15, 0.2) is 0 Å². The van der Waals surface area contributed by atoms with Gasteiger partial charge in [0.05, 0.1) is 5.41 Å². The lowest BCUT2D eigenvalue weighted by Crippen LogP contribution is -2.45. The Bertz CT molecular complexity index is 1010. The van der Waals surface area contributed by atoms with E-state index in [0.717, 1.165) is 36.9 Å². The van der Waals surface area contributed by atoms with E-state index in [-0.39, 0.29) is 5.91 Å². The third-order valence-electron chi connectivity index (χ3n) is 6.04. The highest BCUT2D eigenvalue weighted by molar-refractivity contribution is 7.95. The molecule has 2 aromatic carbocycles. The van der Waals surface area contributed by atoms with Gasteiger partial charge in [-0.25, -0.2) is 8.42 Å². The molecule has 2 aliphatic heterocycles. The SMILES string of the molecule is O=C(c1ccc(NS(=O)(=O)/C=C/c2ccccc2)cc1)N1CCC(N2CCCC2)CC1. The molecule has 164 valence electrons. The van der Waals surface area contributed by atoms with E-state index in [0.29, 0.717) is 17.3 Å². The number of piperidine rings is 1. The van der Waals surface area contributed by atoms with Gasteiger partial charge in [0.25, 0.3) is 15.9 Å². The summed E-state index contributed by atoms with van der Waals surface area (Å²) >= 11 is 0. The van der Waals surface area contributed by atoms with Gasteiger partial charge >= 0.3 is 0 Å². The molecule has 7 heteroatoms. The molecule has 0 saturated carbocycles. The molecule has 0 aromatic heterocycles. The lowest BCUT2D eigenvalue weighted by molar-refractivity contribution is 0.0644. The number of anilines is 1. The average Bonchev–Trinajstić information content (AvgIpc) is 3.34. The molecule has 2 aromatic rings. The van der Waals surface area contributed by atoms with E-state index in [4.69, 9.17) is 0 Å². The summed E-state index contributed by atoms with van der Waals surface area (Å²) in [7, 11) is -3.63. The highest BCUT2D eigenvalue weighted by Crippen LogP contribution is 2.22. The van der Waals surface area contributed by atoms with E-state index in [1.165, 1.54) is 25.9 Å². The number of rotatable bonds is 6. The van der Waals surface area contributed by atoms with Crippen LogP contribution in [0.1, 0.15) is 41.6 Å². The zero-order valence-corrected chi connectivity index (χ0v) is 18.4. The summed E-state index contributed by atoms with van der Waals surface area (Å²) in [6.45, 7) is 3.93. The lowest BCUT2D eigenvalue weighted by atomic mass is 10.0. The van der Waals surface area contributed by atoms with Gasteiger partial charge < -0.3 is 9.80 Å². The van der Waals surface area contributed by atoms with Crippen LogP contribution in [-0.2, 0) is 10.0 Å². The van der Waals surface area contributed by atoms with Crippen LogP contribution >= 0.6 is 0 Å². The molecule has 0 atom stereocenters. The molecule has 1 amide bonds. The van der Waals surface area contributed by atoms with Crippen LogP contribution in [0.25, 0.3) is 6.08 Å². The molecule has 31 heavy (non-hydrogen) atoms. The van der Waals surface area contributed by atoms with Crippen molar-refractivity contribution < 1.29 is 13.2 Å². The Balaban J connectivity index is 1.32. The molecule has 2 aliphatic rings. The molecular formula is C24H29N3O3S. The van der Waals surface area contributed by atoms with Gasteiger partial charge in [0, 0.05) is 30.4 Å². The monoisotopic (exact) mass is 439 g/mol. The molecule has 0 unspecified atom stereocenters. The first kappa shape index (κ1) is 21.6. The largest absolute Gasteiger partial charge is 0.339 e. The molecule has 2 heterocycles. The van der Waals surface area contributed by atoms with Crippen molar-refractivity contribution in [3.8, 4) is 0 Å². The number of hydrogen-bond acceptors (Lipinski definition) is 4. The number of amides is 1. The maximum Gasteiger partial charge on any atom is 0.255 e. The fraction of sp³-hybridized carbons (Fsp3) is 0.375. The van der Waals surface area contributed by atoms with Gasteiger partial charge in [-0.3, -0.25) is 9.52 Å². The van der Waals surface area contributed by atoms with E-state index in [1.54, 1.807) is 30.3 Å². The number of nitrogens with one attached hydrogen (secondary N) is 1. The number of nitrogens with zero attached hydrogens (tertiary/aromatic N) is 2. The minimum absolute atomic E-state index is 0.0123. The first-order valence-electron chi connectivity index (χ1n) is 10.9. The highest BCUT2D eigenvalue weighted by Gasteiger charge is 2.28. The third-order valence-corrected chi connectivity index (χ3v) is 7.05. The number of hydrogen-bond donors (Lipinski definition) is 1. The molecule has 0 aliphatic carbocycles. The number of sulfonamides is 1. The number of carbonyl (C=O) groups excluding carboxylic acids is 1. The molecule has 6 nitrogen and oxygen atoms in total. The molecule has 0 bridgehead atoms. The van der Waals surface area contributed by atoms with Crippen LogP contribution < -0.4 is 4.72 Å². The topological polar surface area (TPSA) is 69.7 Å². The number of likely N-dealkylation sites (tertiary alicyclic amines) is 2. The molecule has 4 rings (SSSR count). The molecule has 0 radical (unpaired) electrons. The second-order valence-corrected chi connectivity index (χ2v) is 9.77. The van der Waals surface area contributed by atoms with Crippen molar-refractivity contribution in [3.63, 3.8) is 0 Å². The molecule has 2 saturated heterocycles. The summed E-state index contributed by atoms with van der Waals surface area (Å²) in [6, 6.07) is 16.5. The zero-order chi connectivity index (χ0) is 21.7. The lowest BCUT2D eigenvalue weighted by Gasteiger charge is -2.36. The van der Waals surface area contributed by atoms with Crippen molar-refractivity contribution in [2.75, 3.05) is 30.9 Å². The second-order valence-electron chi connectivity index (χ2n) is 8.20. The smallest absolute Gasteiger partial charge is 0.255 e. The summed E-state index contributed by atoms with van der Waals surface area (Å²) in [5, 5.41) is 1.14. The molecular weight excluding hydrogens is 410 g/mol. The van der Waals surface area contributed by atoms with Gasteiger partial charge in [-0.1, -0.05) is 30.3 Å².